The lowest BCUT2D eigenvalue weighted by molar-refractivity contribution is -0.143. The highest BCUT2D eigenvalue weighted by molar-refractivity contribution is 6.81. The summed E-state index contributed by atoms with van der Waals surface area (Å²) in [5.41, 5.74) is 2.27. The third-order valence-corrected chi connectivity index (χ3v) is 3.92. The van der Waals surface area contributed by atoms with Crippen LogP contribution in [0.5, 0.6) is 0 Å². The van der Waals surface area contributed by atoms with Crippen molar-refractivity contribution < 1.29 is 9.53 Å². The fourth-order valence-electron chi connectivity index (χ4n) is 1.67. The lowest BCUT2D eigenvalue weighted by Gasteiger charge is -2.05. The van der Waals surface area contributed by atoms with Crippen LogP contribution >= 0.6 is 0 Å². The highest BCUT2D eigenvalue weighted by Gasteiger charge is 2.05. The highest BCUT2D eigenvalue weighted by atomic mass is 28.3. The minimum atomic E-state index is -1.08. The van der Waals surface area contributed by atoms with Crippen LogP contribution in [0.1, 0.15) is 51.9 Å². The van der Waals surface area contributed by atoms with Gasteiger partial charge in [0.1, 0.15) is 0 Å². The maximum atomic E-state index is 11.1. The SMILES string of the molecule is CCOC(=O)CCCCCCCC#C/C=C/[Si](C)(C)C. The Morgan fingerprint density at radius 3 is 2.40 bits per heavy atom. The smallest absolute Gasteiger partial charge is 0.305 e. The number of hydrogen-bond donors (Lipinski definition) is 0. The number of rotatable bonds is 9. The molecule has 0 aliphatic rings. The van der Waals surface area contributed by atoms with E-state index in [1.807, 2.05) is 13.0 Å². The van der Waals surface area contributed by atoms with Gasteiger partial charge in [-0.1, -0.05) is 56.4 Å². The van der Waals surface area contributed by atoms with E-state index in [9.17, 15) is 4.79 Å². The molecule has 0 saturated heterocycles. The van der Waals surface area contributed by atoms with E-state index in [4.69, 9.17) is 4.74 Å². The number of carbonyl (C=O) groups is 1. The number of unbranched alkanes of at least 4 members (excludes halogenated alkanes) is 5. The van der Waals surface area contributed by atoms with E-state index in [0.717, 1.165) is 25.7 Å². The van der Waals surface area contributed by atoms with Crippen molar-refractivity contribution in [2.45, 2.75) is 71.5 Å². The Labute approximate surface area is 126 Å². The standard InChI is InChI=1S/C17H30O2Si/c1-5-19-17(18)15-13-11-9-7-6-8-10-12-14-16-20(2,3)4/h14,16H,5-9,11,13,15H2,1-4H3/b16-14+. The van der Waals surface area contributed by atoms with Crippen LogP contribution in [-0.2, 0) is 9.53 Å². The molecule has 0 aromatic rings. The summed E-state index contributed by atoms with van der Waals surface area (Å²) in [5.74, 6) is 6.25. The van der Waals surface area contributed by atoms with Gasteiger partial charge in [-0.3, -0.25) is 4.79 Å². The topological polar surface area (TPSA) is 26.3 Å². The summed E-state index contributed by atoms with van der Waals surface area (Å²) in [4.78, 5) is 11.1. The average molecular weight is 295 g/mol. The molecule has 0 aliphatic heterocycles. The lowest BCUT2D eigenvalue weighted by Crippen LogP contribution is -2.14. The molecule has 0 radical (unpaired) electrons. The highest BCUT2D eigenvalue weighted by Crippen LogP contribution is 2.07. The van der Waals surface area contributed by atoms with Gasteiger partial charge >= 0.3 is 5.97 Å². The van der Waals surface area contributed by atoms with Crippen molar-refractivity contribution in [3.05, 3.63) is 11.8 Å². The summed E-state index contributed by atoms with van der Waals surface area (Å²) in [6.07, 6.45) is 9.17. The van der Waals surface area contributed by atoms with Gasteiger partial charge in [0.05, 0.1) is 14.7 Å². The monoisotopic (exact) mass is 294 g/mol. The van der Waals surface area contributed by atoms with E-state index < -0.39 is 8.07 Å². The Morgan fingerprint density at radius 1 is 1.10 bits per heavy atom. The zero-order chi connectivity index (χ0) is 15.3. The second-order valence-corrected chi connectivity index (χ2v) is 11.2. The van der Waals surface area contributed by atoms with Crippen LogP contribution in [0.4, 0.5) is 0 Å². The minimum absolute atomic E-state index is 0.0625. The zero-order valence-corrected chi connectivity index (χ0v) is 14.6. The summed E-state index contributed by atoms with van der Waals surface area (Å²) in [7, 11) is -1.08. The molecule has 0 amide bonds. The first-order valence-electron chi connectivity index (χ1n) is 7.77. The summed E-state index contributed by atoms with van der Waals surface area (Å²) in [5, 5.41) is 0. The van der Waals surface area contributed by atoms with Gasteiger partial charge in [0, 0.05) is 12.8 Å². The van der Waals surface area contributed by atoms with Gasteiger partial charge in [-0.2, -0.15) is 0 Å². The zero-order valence-electron chi connectivity index (χ0n) is 13.6. The Morgan fingerprint density at radius 2 is 1.75 bits per heavy atom. The van der Waals surface area contributed by atoms with Crippen LogP contribution in [0.15, 0.2) is 11.8 Å². The fourth-order valence-corrected chi connectivity index (χ4v) is 2.25. The summed E-state index contributed by atoms with van der Waals surface area (Å²) in [6, 6.07) is 0. The van der Waals surface area contributed by atoms with Gasteiger partial charge in [0.25, 0.3) is 0 Å². The fraction of sp³-hybridized carbons (Fsp3) is 0.706. The number of ether oxygens (including phenoxy) is 1. The van der Waals surface area contributed by atoms with Crippen molar-refractivity contribution in [1.82, 2.24) is 0 Å². The predicted molar refractivity (Wildman–Crippen MR) is 89.2 cm³/mol. The van der Waals surface area contributed by atoms with E-state index in [1.165, 1.54) is 12.8 Å². The van der Waals surface area contributed by atoms with Gasteiger partial charge in [-0.15, -0.1) is 0 Å². The van der Waals surface area contributed by atoms with Crippen molar-refractivity contribution in [1.29, 1.82) is 0 Å². The van der Waals surface area contributed by atoms with Gasteiger partial charge in [-0.25, -0.2) is 0 Å². The molecule has 0 aliphatic carbocycles. The minimum Gasteiger partial charge on any atom is -0.466 e. The van der Waals surface area contributed by atoms with Gasteiger partial charge in [0.15, 0.2) is 0 Å². The van der Waals surface area contributed by atoms with Crippen LogP contribution < -0.4 is 0 Å². The van der Waals surface area contributed by atoms with Crippen LogP contribution in [-0.4, -0.2) is 20.7 Å². The summed E-state index contributed by atoms with van der Waals surface area (Å²) < 4.78 is 4.89. The van der Waals surface area contributed by atoms with Crippen molar-refractivity contribution >= 4 is 14.0 Å². The molecular weight excluding hydrogens is 264 g/mol. The molecule has 0 unspecified atom stereocenters. The average Bonchev–Trinajstić information content (AvgIpc) is 2.35. The van der Waals surface area contributed by atoms with E-state index in [1.54, 1.807) is 0 Å². The number of allylic oxidation sites excluding steroid dienone is 1. The Kier molecular flexibility index (Phi) is 11.2. The Bertz CT molecular complexity index is 342. The molecule has 0 aromatic carbocycles. The second-order valence-electron chi connectivity index (χ2n) is 6.09. The van der Waals surface area contributed by atoms with Gasteiger partial charge < -0.3 is 4.74 Å². The molecule has 0 aromatic heterocycles. The maximum Gasteiger partial charge on any atom is 0.305 e. The molecule has 0 heterocycles. The Hall–Kier alpha value is -1.01. The normalized spacial score (nSPS) is 11.2. The number of hydrogen-bond acceptors (Lipinski definition) is 2. The van der Waals surface area contributed by atoms with Crippen LogP contribution in [0.3, 0.4) is 0 Å². The molecular formula is C17H30O2Si. The summed E-state index contributed by atoms with van der Waals surface area (Å²) >= 11 is 0. The van der Waals surface area contributed by atoms with Crippen molar-refractivity contribution in [2.75, 3.05) is 6.61 Å². The van der Waals surface area contributed by atoms with Crippen molar-refractivity contribution in [3.63, 3.8) is 0 Å². The quantitative estimate of drug-likeness (QED) is 0.266. The molecule has 0 bridgehead atoms. The van der Waals surface area contributed by atoms with Gasteiger partial charge in [0.2, 0.25) is 0 Å². The first-order chi connectivity index (χ1) is 9.45. The molecule has 0 saturated carbocycles. The van der Waals surface area contributed by atoms with E-state index >= 15 is 0 Å². The maximum absolute atomic E-state index is 11.1. The lowest BCUT2D eigenvalue weighted by atomic mass is 10.1. The van der Waals surface area contributed by atoms with E-state index in [0.29, 0.717) is 13.0 Å². The summed E-state index contributed by atoms with van der Waals surface area (Å²) in [6.45, 7) is 9.26. The molecule has 0 rings (SSSR count). The van der Waals surface area contributed by atoms with Crippen molar-refractivity contribution in [2.24, 2.45) is 0 Å². The van der Waals surface area contributed by atoms with Crippen LogP contribution in [0.25, 0.3) is 0 Å². The molecule has 0 fully saturated rings. The molecule has 114 valence electrons. The number of esters is 1. The third-order valence-electron chi connectivity index (χ3n) is 2.76. The molecule has 0 spiro atoms. The predicted octanol–water partition coefficient (Wildman–Crippen LogP) is 4.72. The van der Waals surface area contributed by atoms with Crippen LogP contribution in [0.2, 0.25) is 19.6 Å². The number of carbonyl (C=O) groups excluding carboxylic acids is 1. The van der Waals surface area contributed by atoms with E-state index in [2.05, 4.69) is 37.2 Å². The molecule has 20 heavy (non-hydrogen) atoms. The van der Waals surface area contributed by atoms with E-state index in [-0.39, 0.29) is 5.97 Å². The molecule has 3 heteroatoms. The van der Waals surface area contributed by atoms with Gasteiger partial charge in [-0.05, 0) is 25.8 Å². The Balaban J connectivity index is 3.40. The third kappa shape index (κ3) is 15.0. The van der Waals surface area contributed by atoms with Crippen molar-refractivity contribution in [3.8, 4) is 11.8 Å². The second kappa shape index (κ2) is 11.8. The molecule has 0 N–H and O–H groups in total. The van der Waals surface area contributed by atoms with Crippen LogP contribution in [0, 0.1) is 11.8 Å². The molecule has 2 nitrogen and oxygen atoms in total. The first kappa shape index (κ1) is 19.0. The largest absolute Gasteiger partial charge is 0.466 e. The first-order valence-corrected chi connectivity index (χ1v) is 11.3. The molecule has 0 atom stereocenters.